The quantitative estimate of drug-likeness (QED) is 0.456. The molecule has 8 nitrogen and oxygen atoms in total. The van der Waals surface area contributed by atoms with Crippen LogP contribution in [0.1, 0.15) is 31.0 Å². The minimum Gasteiger partial charge on any atom is -0.463 e. The van der Waals surface area contributed by atoms with E-state index in [0.29, 0.717) is 23.4 Å². The smallest absolute Gasteiger partial charge is 0.338 e. The van der Waals surface area contributed by atoms with Crippen molar-refractivity contribution in [1.29, 1.82) is 0 Å². The Kier molecular flexibility index (Phi) is 5.92. The summed E-state index contributed by atoms with van der Waals surface area (Å²) >= 11 is 0. The van der Waals surface area contributed by atoms with E-state index < -0.39 is 16.9 Å². The van der Waals surface area contributed by atoms with Gasteiger partial charge < -0.3 is 10.1 Å². The molecule has 1 heterocycles. The third-order valence-electron chi connectivity index (χ3n) is 4.71. The summed E-state index contributed by atoms with van der Waals surface area (Å²) in [7, 11) is 0. The third-order valence-corrected chi connectivity index (χ3v) is 4.71. The lowest BCUT2D eigenvalue weighted by atomic mass is 9.94. The van der Waals surface area contributed by atoms with E-state index in [9.17, 15) is 19.7 Å². The molecule has 2 aromatic carbocycles. The number of urea groups is 1. The number of nitro benzene ring substituents is 1. The topological polar surface area (TPSA) is 102 Å². The van der Waals surface area contributed by atoms with Gasteiger partial charge in [-0.3, -0.25) is 15.0 Å². The van der Waals surface area contributed by atoms with Crippen molar-refractivity contribution in [3.05, 3.63) is 87.1 Å². The van der Waals surface area contributed by atoms with Crippen LogP contribution < -0.4 is 5.32 Å². The number of ether oxygens (including phenoxy) is 1. The predicted octanol–water partition coefficient (Wildman–Crippen LogP) is 3.70. The number of hydrogen-bond donors (Lipinski definition) is 1. The number of non-ortho nitro benzene ring substituents is 1. The predicted molar refractivity (Wildman–Crippen MR) is 106 cm³/mol. The number of rotatable bonds is 6. The minimum atomic E-state index is -0.755. The number of nitrogens with zero attached hydrogens (tertiary/aromatic N) is 2. The summed E-state index contributed by atoms with van der Waals surface area (Å²) in [5, 5.41) is 13.7. The van der Waals surface area contributed by atoms with Crippen molar-refractivity contribution in [2.24, 2.45) is 0 Å². The van der Waals surface area contributed by atoms with Crippen LogP contribution in [0.3, 0.4) is 0 Å². The van der Waals surface area contributed by atoms with Crippen molar-refractivity contribution in [2.45, 2.75) is 26.4 Å². The van der Waals surface area contributed by atoms with Crippen LogP contribution in [0.15, 0.2) is 65.9 Å². The van der Waals surface area contributed by atoms with Gasteiger partial charge in [0, 0.05) is 17.8 Å². The van der Waals surface area contributed by atoms with Gasteiger partial charge in [0.05, 0.1) is 29.7 Å². The van der Waals surface area contributed by atoms with E-state index >= 15 is 0 Å². The molecule has 8 heteroatoms. The monoisotopic (exact) mass is 395 g/mol. The van der Waals surface area contributed by atoms with Gasteiger partial charge in [-0.15, -0.1) is 0 Å². The summed E-state index contributed by atoms with van der Waals surface area (Å²) in [6.07, 6.45) is 0. The average Bonchev–Trinajstić information content (AvgIpc) is 2.71. The second-order valence-corrected chi connectivity index (χ2v) is 6.52. The first-order valence-electron chi connectivity index (χ1n) is 9.16. The van der Waals surface area contributed by atoms with Crippen LogP contribution in [0.2, 0.25) is 0 Å². The maximum Gasteiger partial charge on any atom is 0.338 e. The number of carbonyl (C=O) groups excluding carboxylic acids is 2. The molecule has 0 spiro atoms. The number of carbonyl (C=O) groups is 2. The van der Waals surface area contributed by atoms with E-state index in [1.807, 2.05) is 30.3 Å². The molecular formula is C21H21N3O5. The molecule has 0 aromatic heterocycles. The molecule has 1 N–H and O–H groups in total. The van der Waals surface area contributed by atoms with E-state index in [1.54, 1.807) is 13.8 Å². The van der Waals surface area contributed by atoms with Crippen LogP contribution in [0.25, 0.3) is 0 Å². The Balaban J connectivity index is 2.01. The number of benzene rings is 2. The molecular weight excluding hydrogens is 374 g/mol. The van der Waals surface area contributed by atoms with Crippen molar-refractivity contribution in [3.63, 3.8) is 0 Å². The normalized spacial score (nSPS) is 16.4. The van der Waals surface area contributed by atoms with E-state index in [1.165, 1.54) is 29.2 Å². The molecule has 29 heavy (non-hydrogen) atoms. The second kappa shape index (κ2) is 8.55. The average molecular weight is 395 g/mol. The van der Waals surface area contributed by atoms with Gasteiger partial charge in [-0.1, -0.05) is 30.3 Å². The molecule has 0 aliphatic carbocycles. The lowest BCUT2D eigenvalue weighted by molar-refractivity contribution is -0.384. The fourth-order valence-corrected chi connectivity index (χ4v) is 3.25. The van der Waals surface area contributed by atoms with Crippen LogP contribution in [0.5, 0.6) is 0 Å². The molecule has 0 saturated heterocycles. The van der Waals surface area contributed by atoms with Gasteiger partial charge in [0.2, 0.25) is 0 Å². The largest absolute Gasteiger partial charge is 0.463 e. The standard InChI is InChI=1S/C21H21N3O5/c1-3-29-20(25)18-14(2)23(13-15-7-5-4-6-8-15)21(26)22-19(18)16-9-11-17(12-10-16)24(27)28/h4-12,19H,3,13H2,1-2H3,(H,22,26)/t19-/m1/s1. The molecule has 1 atom stereocenters. The Morgan fingerprint density at radius 2 is 1.83 bits per heavy atom. The van der Waals surface area contributed by atoms with E-state index in [-0.39, 0.29) is 18.3 Å². The molecule has 0 fully saturated rings. The lowest BCUT2D eigenvalue weighted by Crippen LogP contribution is -2.47. The summed E-state index contributed by atoms with van der Waals surface area (Å²) in [6.45, 7) is 3.90. The summed E-state index contributed by atoms with van der Waals surface area (Å²) in [4.78, 5) is 37.4. The van der Waals surface area contributed by atoms with Gasteiger partial charge in [0.15, 0.2) is 0 Å². The Morgan fingerprint density at radius 3 is 2.41 bits per heavy atom. The fraction of sp³-hybridized carbons (Fsp3) is 0.238. The molecule has 2 amide bonds. The maximum atomic E-state index is 12.8. The van der Waals surface area contributed by atoms with Crippen molar-refractivity contribution in [2.75, 3.05) is 6.61 Å². The highest BCUT2D eigenvalue weighted by molar-refractivity contribution is 5.95. The molecule has 0 radical (unpaired) electrons. The van der Waals surface area contributed by atoms with Crippen molar-refractivity contribution in [3.8, 4) is 0 Å². The Bertz CT molecular complexity index is 954. The fourth-order valence-electron chi connectivity index (χ4n) is 3.25. The van der Waals surface area contributed by atoms with Gasteiger partial charge in [-0.05, 0) is 37.1 Å². The Labute approximate surface area is 167 Å². The summed E-state index contributed by atoms with van der Waals surface area (Å²) in [6, 6.07) is 14.1. The molecule has 0 bridgehead atoms. The SMILES string of the molecule is CCOC(=O)C1=C(C)N(Cc2ccccc2)C(=O)N[C@@H]1c1ccc([N+](=O)[O-])cc1. The summed E-state index contributed by atoms with van der Waals surface area (Å²) in [5.74, 6) is -0.536. The number of nitro groups is 1. The molecule has 150 valence electrons. The van der Waals surface area contributed by atoms with Gasteiger partial charge in [0.25, 0.3) is 5.69 Å². The molecule has 0 unspecified atom stereocenters. The highest BCUT2D eigenvalue weighted by atomic mass is 16.6. The lowest BCUT2D eigenvalue weighted by Gasteiger charge is -2.35. The third kappa shape index (κ3) is 4.26. The van der Waals surface area contributed by atoms with Crippen LogP contribution in [-0.2, 0) is 16.1 Å². The van der Waals surface area contributed by atoms with Crippen LogP contribution in [0.4, 0.5) is 10.5 Å². The van der Waals surface area contributed by atoms with Crippen LogP contribution in [0, 0.1) is 10.1 Å². The molecule has 3 rings (SSSR count). The first-order valence-corrected chi connectivity index (χ1v) is 9.16. The van der Waals surface area contributed by atoms with Gasteiger partial charge in [-0.2, -0.15) is 0 Å². The van der Waals surface area contributed by atoms with E-state index in [2.05, 4.69) is 5.32 Å². The second-order valence-electron chi connectivity index (χ2n) is 6.52. The first kappa shape index (κ1) is 20.1. The number of allylic oxidation sites excluding steroid dienone is 1. The first-order chi connectivity index (χ1) is 13.9. The van der Waals surface area contributed by atoms with E-state index in [0.717, 1.165) is 5.56 Å². The highest BCUT2D eigenvalue weighted by Crippen LogP contribution is 2.32. The van der Waals surface area contributed by atoms with Crippen molar-refractivity contribution >= 4 is 17.7 Å². The van der Waals surface area contributed by atoms with Crippen LogP contribution >= 0.6 is 0 Å². The number of nitrogens with one attached hydrogen (secondary N) is 1. The zero-order valence-corrected chi connectivity index (χ0v) is 16.1. The highest BCUT2D eigenvalue weighted by Gasteiger charge is 2.36. The minimum absolute atomic E-state index is 0.0695. The Morgan fingerprint density at radius 1 is 1.17 bits per heavy atom. The van der Waals surface area contributed by atoms with Gasteiger partial charge in [-0.25, -0.2) is 9.59 Å². The summed E-state index contributed by atoms with van der Waals surface area (Å²) < 4.78 is 5.22. The number of esters is 1. The maximum absolute atomic E-state index is 12.8. The Hall–Kier alpha value is -3.68. The number of hydrogen-bond acceptors (Lipinski definition) is 5. The van der Waals surface area contributed by atoms with Crippen molar-refractivity contribution < 1.29 is 19.2 Å². The van der Waals surface area contributed by atoms with E-state index in [4.69, 9.17) is 4.74 Å². The molecule has 1 aliphatic rings. The van der Waals surface area contributed by atoms with Gasteiger partial charge in [0.1, 0.15) is 0 Å². The molecule has 1 aliphatic heterocycles. The number of amides is 2. The van der Waals surface area contributed by atoms with Crippen LogP contribution in [-0.4, -0.2) is 28.4 Å². The summed E-state index contributed by atoms with van der Waals surface area (Å²) in [5.41, 5.74) is 2.19. The molecule has 0 saturated carbocycles. The van der Waals surface area contributed by atoms with Crippen molar-refractivity contribution in [1.82, 2.24) is 10.2 Å². The molecule has 2 aromatic rings. The zero-order valence-electron chi connectivity index (χ0n) is 16.1. The zero-order chi connectivity index (χ0) is 21.0. The van der Waals surface area contributed by atoms with Gasteiger partial charge >= 0.3 is 12.0 Å².